The Labute approximate surface area is 195 Å². The van der Waals surface area contributed by atoms with Crippen LogP contribution in [0.25, 0.3) is 0 Å². The average Bonchev–Trinajstić information content (AvgIpc) is 3.32. The summed E-state index contributed by atoms with van der Waals surface area (Å²) in [7, 11) is 0. The number of hydrogen-bond acceptors (Lipinski definition) is 6. The number of carbonyl (C=O) groups is 2. The Morgan fingerprint density at radius 1 is 1.09 bits per heavy atom. The lowest BCUT2D eigenvalue weighted by Crippen LogP contribution is -2.37. The lowest BCUT2D eigenvalue weighted by molar-refractivity contribution is 0.0282. The summed E-state index contributed by atoms with van der Waals surface area (Å²) in [5.41, 5.74) is 1.70. The van der Waals surface area contributed by atoms with Crippen LogP contribution in [0.4, 0.5) is 16.3 Å². The van der Waals surface area contributed by atoms with Crippen molar-refractivity contribution in [1.82, 2.24) is 14.9 Å². The molecule has 8 nitrogen and oxygen atoms in total. The van der Waals surface area contributed by atoms with Gasteiger partial charge in [0.15, 0.2) is 0 Å². The molecule has 2 aliphatic heterocycles. The highest BCUT2D eigenvalue weighted by molar-refractivity contribution is 6.02. The van der Waals surface area contributed by atoms with Crippen LogP contribution in [-0.2, 0) is 4.74 Å². The molecule has 176 valence electrons. The lowest BCUT2D eigenvalue weighted by Gasteiger charge is -2.26. The molecule has 1 aromatic carbocycles. The Kier molecular flexibility index (Phi) is 6.28. The Morgan fingerprint density at radius 3 is 2.42 bits per heavy atom. The Balaban J connectivity index is 1.38. The van der Waals surface area contributed by atoms with Crippen LogP contribution in [0.15, 0.2) is 36.7 Å². The molecule has 0 radical (unpaired) electrons. The molecule has 1 aromatic heterocycles. The van der Waals surface area contributed by atoms with Gasteiger partial charge in [-0.25, -0.2) is 9.78 Å². The fourth-order valence-electron chi connectivity index (χ4n) is 4.44. The fraction of sp³-hybridized carbons (Fsp3) is 0.520. The molecule has 2 atom stereocenters. The average molecular weight is 452 g/mol. The second kappa shape index (κ2) is 9.00. The molecule has 2 fully saturated rings. The summed E-state index contributed by atoms with van der Waals surface area (Å²) in [6.45, 7) is 12.8. The summed E-state index contributed by atoms with van der Waals surface area (Å²) < 4.78 is 5.52. The minimum Gasteiger partial charge on any atom is -0.444 e. The summed E-state index contributed by atoms with van der Waals surface area (Å²) in [4.78, 5) is 38.0. The van der Waals surface area contributed by atoms with Crippen molar-refractivity contribution in [3.8, 4) is 0 Å². The molecule has 8 heteroatoms. The first-order valence-corrected chi connectivity index (χ1v) is 11.6. The molecule has 2 aromatic rings. The maximum absolute atomic E-state index is 12.8. The van der Waals surface area contributed by atoms with Crippen LogP contribution < -0.4 is 10.2 Å². The van der Waals surface area contributed by atoms with Crippen LogP contribution in [-0.4, -0.2) is 58.6 Å². The highest BCUT2D eigenvalue weighted by Gasteiger charge is 2.43. The molecule has 2 unspecified atom stereocenters. The fourth-order valence-corrected chi connectivity index (χ4v) is 4.44. The van der Waals surface area contributed by atoms with Crippen molar-refractivity contribution < 1.29 is 14.3 Å². The quantitative estimate of drug-likeness (QED) is 0.751. The van der Waals surface area contributed by atoms with E-state index in [1.807, 2.05) is 39.0 Å². The number of carbonyl (C=O) groups excluding carboxylic acids is 2. The van der Waals surface area contributed by atoms with E-state index in [1.54, 1.807) is 11.1 Å². The molecular weight excluding hydrogens is 418 g/mol. The first-order valence-electron chi connectivity index (χ1n) is 11.6. The molecule has 2 aliphatic rings. The molecule has 0 aliphatic carbocycles. The van der Waals surface area contributed by atoms with E-state index in [-0.39, 0.29) is 17.7 Å². The van der Waals surface area contributed by atoms with Crippen molar-refractivity contribution in [1.29, 1.82) is 0 Å². The number of likely N-dealkylation sites (tertiary alicyclic amines) is 1. The molecule has 4 rings (SSSR count). The molecule has 3 heterocycles. The molecule has 0 saturated carbocycles. The van der Waals surface area contributed by atoms with Gasteiger partial charge in [-0.3, -0.25) is 9.78 Å². The predicted octanol–water partition coefficient (Wildman–Crippen LogP) is 4.16. The van der Waals surface area contributed by atoms with E-state index in [2.05, 4.69) is 40.1 Å². The predicted molar refractivity (Wildman–Crippen MR) is 128 cm³/mol. The number of aromatic nitrogens is 2. The van der Waals surface area contributed by atoms with Gasteiger partial charge in [0.05, 0.1) is 12.4 Å². The summed E-state index contributed by atoms with van der Waals surface area (Å²) in [5.74, 6) is 1.51. The van der Waals surface area contributed by atoms with E-state index < -0.39 is 5.60 Å². The van der Waals surface area contributed by atoms with Crippen molar-refractivity contribution in [2.24, 2.45) is 11.8 Å². The third-order valence-corrected chi connectivity index (χ3v) is 6.13. The topological polar surface area (TPSA) is 87.7 Å². The molecule has 2 saturated heterocycles. The van der Waals surface area contributed by atoms with Crippen LogP contribution in [0.2, 0.25) is 0 Å². The highest BCUT2D eigenvalue weighted by Crippen LogP contribution is 2.34. The zero-order valence-electron chi connectivity index (χ0n) is 20.0. The Hall–Kier alpha value is -3.16. The number of fused-ring (bicyclic) bond motifs is 1. The van der Waals surface area contributed by atoms with Crippen molar-refractivity contribution in [3.63, 3.8) is 0 Å². The van der Waals surface area contributed by atoms with Crippen molar-refractivity contribution in [2.75, 3.05) is 36.4 Å². The van der Waals surface area contributed by atoms with Gasteiger partial charge in [0, 0.05) is 43.7 Å². The lowest BCUT2D eigenvalue weighted by atomic mass is 10.0. The molecule has 0 spiro atoms. The molecular formula is C25H33N5O3. The van der Waals surface area contributed by atoms with Gasteiger partial charge in [0.1, 0.15) is 17.1 Å². The SMILES string of the molecule is CC(C)c1cccc(NC(=O)c2cncc(N3CC4CN(C(=O)OC(C)(C)C)CC4C3)n2)c1. The third kappa shape index (κ3) is 5.43. The summed E-state index contributed by atoms with van der Waals surface area (Å²) in [6.07, 6.45) is 2.94. The van der Waals surface area contributed by atoms with Crippen LogP contribution in [0, 0.1) is 11.8 Å². The van der Waals surface area contributed by atoms with Gasteiger partial charge in [0.2, 0.25) is 0 Å². The zero-order valence-corrected chi connectivity index (χ0v) is 20.0. The van der Waals surface area contributed by atoms with E-state index in [4.69, 9.17) is 4.74 Å². The molecule has 0 bridgehead atoms. The number of benzene rings is 1. The maximum atomic E-state index is 12.8. The number of nitrogens with one attached hydrogen (secondary N) is 1. The minimum absolute atomic E-state index is 0.247. The number of nitrogens with zero attached hydrogens (tertiary/aromatic N) is 4. The first kappa shape index (κ1) is 23.0. The van der Waals surface area contributed by atoms with E-state index in [0.717, 1.165) is 24.3 Å². The third-order valence-electron chi connectivity index (χ3n) is 6.13. The molecule has 1 N–H and O–H groups in total. The summed E-state index contributed by atoms with van der Waals surface area (Å²) >= 11 is 0. The highest BCUT2D eigenvalue weighted by atomic mass is 16.6. The summed E-state index contributed by atoms with van der Waals surface area (Å²) in [5, 5.41) is 2.93. The maximum Gasteiger partial charge on any atom is 0.410 e. The number of rotatable bonds is 4. The van der Waals surface area contributed by atoms with Crippen molar-refractivity contribution in [2.45, 2.75) is 46.1 Å². The van der Waals surface area contributed by atoms with Gasteiger partial charge in [-0.15, -0.1) is 0 Å². The smallest absolute Gasteiger partial charge is 0.410 e. The number of amides is 2. The first-order chi connectivity index (χ1) is 15.6. The summed E-state index contributed by atoms with van der Waals surface area (Å²) in [6, 6.07) is 7.85. The van der Waals surface area contributed by atoms with Crippen molar-refractivity contribution >= 4 is 23.5 Å². The van der Waals surface area contributed by atoms with Gasteiger partial charge in [-0.1, -0.05) is 26.0 Å². The van der Waals surface area contributed by atoms with Gasteiger partial charge in [-0.2, -0.15) is 0 Å². The number of anilines is 2. The van der Waals surface area contributed by atoms with E-state index in [9.17, 15) is 9.59 Å². The van der Waals surface area contributed by atoms with Gasteiger partial charge in [0.25, 0.3) is 5.91 Å². The Bertz CT molecular complexity index is 1020. The van der Waals surface area contributed by atoms with E-state index in [0.29, 0.717) is 36.7 Å². The van der Waals surface area contributed by atoms with E-state index >= 15 is 0 Å². The van der Waals surface area contributed by atoms with Gasteiger partial charge < -0.3 is 19.9 Å². The van der Waals surface area contributed by atoms with Gasteiger partial charge >= 0.3 is 6.09 Å². The second-order valence-corrected chi connectivity index (χ2v) is 10.3. The van der Waals surface area contributed by atoms with E-state index in [1.165, 1.54) is 6.20 Å². The monoisotopic (exact) mass is 451 g/mol. The Morgan fingerprint density at radius 2 is 1.79 bits per heavy atom. The van der Waals surface area contributed by atoms with Crippen molar-refractivity contribution in [3.05, 3.63) is 47.9 Å². The number of hydrogen-bond donors (Lipinski definition) is 1. The normalized spacial score (nSPS) is 20.2. The van der Waals surface area contributed by atoms with Crippen LogP contribution in [0.3, 0.4) is 0 Å². The van der Waals surface area contributed by atoms with Crippen LogP contribution >= 0.6 is 0 Å². The molecule has 2 amide bonds. The zero-order chi connectivity index (χ0) is 23.8. The minimum atomic E-state index is -0.493. The molecule has 33 heavy (non-hydrogen) atoms. The van der Waals surface area contributed by atoms with Crippen LogP contribution in [0.5, 0.6) is 0 Å². The van der Waals surface area contributed by atoms with Crippen LogP contribution in [0.1, 0.15) is 56.6 Å². The largest absolute Gasteiger partial charge is 0.444 e. The second-order valence-electron chi connectivity index (χ2n) is 10.3. The van der Waals surface area contributed by atoms with Gasteiger partial charge in [-0.05, 0) is 44.4 Å². The number of ether oxygens (including phenoxy) is 1. The standard InChI is InChI=1S/C25H33N5O3/c1-16(2)17-7-6-8-20(9-17)27-23(31)21-10-26-11-22(28-21)29-12-18-14-30(15-19(18)13-29)24(32)33-25(3,4)5/h6-11,16,18-19H,12-15H2,1-5H3,(H,27,31).